The minimum absolute atomic E-state index is 0.658. The fourth-order valence-corrected chi connectivity index (χ4v) is 2.91. The van der Waals surface area contributed by atoms with Crippen LogP contribution in [0.5, 0.6) is 0 Å². The standard InChI is InChI=1S/C12H19IN2/c1-3-10-5-4-6-11(7-10)15-8-9(2)12(13)14-15/h8,10-11H,3-7H2,1-2H3. The van der Waals surface area contributed by atoms with E-state index in [0.29, 0.717) is 6.04 Å². The van der Waals surface area contributed by atoms with Crippen LogP contribution in [-0.4, -0.2) is 9.78 Å². The highest BCUT2D eigenvalue weighted by atomic mass is 127. The number of hydrogen-bond acceptors (Lipinski definition) is 1. The predicted octanol–water partition coefficient (Wildman–Crippen LogP) is 3.94. The van der Waals surface area contributed by atoms with Crippen molar-refractivity contribution in [3.63, 3.8) is 0 Å². The van der Waals surface area contributed by atoms with E-state index in [1.807, 2.05) is 0 Å². The second kappa shape index (κ2) is 4.85. The van der Waals surface area contributed by atoms with Crippen molar-refractivity contribution < 1.29 is 0 Å². The molecule has 0 saturated heterocycles. The first-order valence-corrected chi connectivity index (χ1v) is 6.99. The van der Waals surface area contributed by atoms with E-state index in [2.05, 4.69) is 52.4 Å². The Balaban J connectivity index is 2.09. The summed E-state index contributed by atoms with van der Waals surface area (Å²) in [6, 6.07) is 0.658. The molecule has 1 aliphatic carbocycles. The number of halogens is 1. The van der Waals surface area contributed by atoms with E-state index in [1.54, 1.807) is 0 Å². The smallest absolute Gasteiger partial charge is 0.126 e. The number of aryl methyl sites for hydroxylation is 1. The Bertz CT molecular complexity index is 313. The highest BCUT2D eigenvalue weighted by molar-refractivity contribution is 14.1. The molecule has 0 radical (unpaired) electrons. The Labute approximate surface area is 106 Å². The SMILES string of the molecule is CCC1CCCC(n2cc(C)c(I)n2)C1. The van der Waals surface area contributed by atoms with Crippen molar-refractivity contribution in [1.82, 2.24) is 9.78 Å². The molecule has 0 spiro atoms. The summed E-state index contributed by atoms with van der Waals surface area (Å²) in [5.74, 6) is 0.922. The highest BCUT2D eigenvalue weighted by Crippen LogP contribution is 2.34. The minimum atomic E-state index is 0.658. The Hall–Kier alpha value is -0.0600. The van der Waals surface area contributed by atoms with Gasteiger partial charge in [-0.1, -0.05) is 26.2 Å². The van der Waals surface area contributed by atoms with Crippen molar-refractivity contribution in [1.29, 1.82) is 0 Å². The Kier molecular flexibility index (Phi) is 3.69. The van der Waals surface area contributed by atoms with Crippen LogP contribution in [0.2, 0.25) is 0 Å². The van der Waals surface area contributed by atoms with Gasteiger partial charge in [-0.25, -0.2) is 0 Å². The topological polar surface area (TPSA) is 17.8 Å². The third-order valence-electron chi connectivity index (χ3n) is 3.56. The van der Waals surface area contributed by atoms with Crippen molar-refractivity contribution in [3.05, 3.63) is 15.5 Å². The molecular weight excluding hydrogens is 299 g/mol. The molecule has 1 heterocycles. The van der Waals surface area contributed by atoms with Gasteiger partial charge < -0.3 is 0 Å². The number of aromatic nitrogens is 2. The third kappa shape index (κ3) is 2.55. The molecule has 2 atom stereocenters. The van der Waals surface area contributed by atoms with Gasteiger partial charge in [0.2, 0.25) is 0 Å². The molecule has 0 amide bonds. The van der Waals surface area contributed by atoms with Crippen molar-refractivity contribution >= 4 is 22.6 Å². The zero-order chi connectivity index (χ0) is 10.8. The summed E-state index contributed by atoms with van der Waals surface area (Å²) in [6.07, 6.45) is 8.97. The van der Waals surface area contributed by atoms with Crippen molar-refractivity contribution in [3.8, 4) is 0 Å². The maximum atomic E-state index is 4.61. The van der Waals surface area contributed by atoms with Gasteiger partial charge in [-0.2, -0.15) is 5.10 Å². The van der Waals surface area contributed by atoms with Gasteiger partial charge in [-0.05, 0) is 48.3 Å². The van der Waals surface area contributed by atoms with Crippen molar-refractivity contribution in [2.75, 3.05) is 0 Å². The molecule has 1 aromatic rings. The van der Waals surface area contributed by atoms with E-state index in [-0.39, 0.29) is 0 Å². The monoisotopic (exact) mass is 318 g/mol. The molecule has 1 aliphatic rings. The molecule has 2 rings (SSSR count). The van der Waals surface area contributed by atoms with E-state index in [1.165, 1.54) is 37.7 Å². The van der Waals surface area contributed by atoms with Gasteiger partial charge in [0.1, 0.15) is 3.70 Å². The summed E-state index contributed by atoms with van der Waals surface area (Å²) in [5.41, 5.74) is 1.31. The van der Waals surface area contributed by atoms with Crippen LogP contribution in [0, 0.1) is 16.5 Å². The van der Waals surface area contributed by atoms with Crippen LogP contribution in [-0.2, 0) is 0 Å². The van der Waals surface area contributed by atoms with E-state index >= 15 is 0 Å². The molecule has 3 heteroatoms. The first-order valence-electron chi connectivity index (χ1n) is 5.92. The number of nitrogens with zero attached hydrogens (tertiary/aromatic N) is 2. The molecular formula is C12H19IN2. The van der Waals surface area contributed by atoms with Gasteiger partial charge in [0.05, 0.1) is 6.04 Å². The van der Waals surface area contributed by atoms with E-state index in [9.17, 15) is 0 Å². The zero-order valence-corrected chi connectivity index (χ0v) is 11.7. The lowest BCUT2D eigenvalue weighted by Crippen LogP contribution is -2.19. The average Bonchev–Trinajstić information content (AvgIpc) is 2.59. The van der Waals surface area contributed by atoms with E-state index in [0.717, 1.165) is 9.62 Å². The lowest BCUT2D eigenvalue weighted by Gasteiger charge is -2.28. The lowest BCUT2D eigenvalue weighted by molar-refractivity contribution is 0.247. The largest absolute Gasteiger partial charge is 0.268 e. The number of rotatable bonds is 2. The van der Waals surface area contributed by atoms with Crippen molar-refractivity contribution in [2.24, 2.45) is 5.92 Å². The van der Waals surface area contributed by atoms with Crippen LogP contribution in [0.15, 0.2) is 6.20 Å². The maximum Gasteiger partial charge on any atom is 0.126 e. The highest BCUT2D eigenvalue weighted by Gasteiger charge is 2.22. The van der Waals surface area contributed by atoms with Crippen LogP contribution in [0.1, 0.15) is 50.6 Å². The third-order valence-corrected chi connectivity index (χ3v) is 4.63. The Morgan fingerprint density at radius 2 is 2.33 bits per heavy atom. The summed E-state index contributed by atoms with van der Waals surface area (Å²) >= 11 is 2.32. The summed E-state index contributed by atoms with van der Waals surface area (Å²) in [4.78, 5) is 0. The second-order valence-corrected chi connectivity index (χ2v) is 5.70. The van der Waals surface area contributed by atoms with Crippen LogP contribution in [0.3, 0.4) is 0 Å². The van der Waals surface area contributed by atoms with Crippen LogP contribution in [0.25, 0.3) is 0 Å². The first-order chi connectivity index (χ1) is 7.20. The van der Waals surface area contributed by atoms with E-state index in [4.69, 9.17) is 0 Å². The van der Waals surface area contributed by atoms with Crippen LogP contribution < -0.4 is 0 Å². The Morgan fingerprint density at radius 1 is 1.53 bits per heavy atom. The quantitative estimate of drug-likeness (QED) is 0.755. The van der Waals surface area contributed by atoms with Gasteiger partial charge in [0, 0.05) is 11.8 Å². The summed E-state index contributed by atoms with van der Waals surface area (Å²) in [7, 11) is 0. The van der Waals surface area contributed by atoms with Gasteiger partial charge in [0.15, 0.2) is 0 Å². The van der Waals surface area contributed by atoms with Crippen LogP contribution >= 0.6 is 22.6 Å². The van der Waals surface area contributed by atoms with Gasteiger partial charge in [-0.3, -0.25) is 4.68 Å². The first kappa shape index (κ1) is 11.4. The van der Waals surface area contributed by atoms with E-state index < -0.39 is 0 Å². The molecule has 1 saturated carbocycles. The molecule has 15 heavy (non-hydrogen) atoms. The summed E-state index contributed by atoms with van der Waals surface area (Å²) < 4.78 is 3.37. The average molecular weight is 318 g/mol. The maximum absolute atomic E-state index is 4.61. The zero-order valence-electron chi connectivity index (χ0n) is 9.54. The molecule has 0 aliphatic heterocycles. The Morgan fingerprint density at radius 3 is 2.93 bits per heavy atom. The van der Waals surface area contributed by atoms with Gasteiger partial charge in [-0.15, -0.1) is 0 Å². The molecule has 2 unspecified atom stereocenters. The van der Waals surface area contributed by atoms with Crippen LogP contribution in [0.4, 0.5) is 0 Å². The fraction of sp³-hybridized carbons (Fsp3) is 0.750. The molecule has 0 aromatic carbocycles. The minimum Gasteiger partial charge on any atom is -0.268 e. The molecule has 1 aromatic heterocycles. The normalized spacial score (nSPS) is 26.9. The fourth-order valence-electron chi connectivity index (χ4n) is 2.52. The molecule has 2 nitrogen and oxygen atoms in total. The predicted molar refractivity (Wildman–Crippen MR) is 71.0 cm³/mol. The molecule has 0 N–H and O–H groups in total. The lowest BCUT2D eigenvalue weighted by atomic mass is 9.84. The van der Waals surface area contributed by atoms with Gasteiger partial charge >= 0.3 is 0 Å². The number of hydrogen-bond donors (Lipinski definition) is 0. The summed E-state index contributed by atoms with van der Waals surface area (Å²) in [6.45, 7) is 4.45. The summed E-state index contributed by atoms with van der Waals surface area (Å²) in [5, 5.41) is 4.61. The second-order valence-electron chi connectivity index (χ2n) is 4.68. The molecule has 0 bridgehead atoms. The molecule has 84 valence electrons. The molecule has 1 fully saturated rings. The van der Waals surface area contributed by atoms with Crippen molar-refractivity contribution in [2.45, 2.75) is 52.0 Å². The van der Waals surface area contributed by atoms with Gasteiger partial charge in [0.25, 0.3) is 0 Å².